The lowest BCUT2D eigenvalue weighted by Crippen LogP contribution is -2.47. The van der Waals surface area contributed by atoms with Crippen LogP contribution in [0.3, 0.4) is 0 Å². The minimum atomic E-state index is -0.0286. The maximum Gasteiger partial charge on any atom is 0.134 e. The third kappa shape index (κ3) is 3.05. The molecule has 0 atom stereocenters. The molecule has 6 heteroatoms. The average Bonchev–Trinajstić information content (AvgIpc) is 2.73. The molecule has 0 unspecified atom stereocenters. The minimum absolute atomic E-state index is 0.0286. The highest BCUT2D eigenvalue weighted by atomic mass is 16.3. The van der Waals surface area contributed by atoms with Gasteiger partial charge >= 0.3 is 0 Å². The Morgan fingerprint density at radius 1 is 1.04 bits per heavy atom. The van der Waals surface area contributed by atoms with Gasteiger partial charge in [0.15, 0.2) is 0 Å². The fourth-order valence-electron chi connectivity index (χ4n) is 3.35. The number of rotatable bonds is 3. The number of para-hydroxylation sites is 1. The molecule has 1 fully saturated rings. The number of aromatic nitrogens is 2. The molecule has 0 spiro atoms. The number of anilines is 2. The van der Waals surface area contributed by atoms with E-state index in [2.05, 4.69) is 20.9 Å². The van der Waals surface area contributed by atoms with Gasteiger partial charge in [0.2, 0.25) is 0 Å². The van der Waals surface area contributed by atoms with Crippen LogP contribution < -0.4 is 9.80 Å². The van der Waals surface area contributed by atoms with E-state index in [-0.39, 0.29) is 6.61 Å². The molecule has 0 amide bonds. The molecule has 130 valence electrons. The van der Waals surface area contributed by atoms with E-state index in [0.29, 0.717) is 5.56 Å². The SMILES string of the molecule is N#Cc1ccnc(N2CCN(c3nc4ccccc4cc3CO)CC2)c1. The largest absolute Gasteiger partial charge is 0.392 e. The number of nitrogens with zero attached hydrogens (tertiary/aromatic N) is 5. The molecule has 1 saturated heterocycles. The molecule has 1 aliphatic rings. The normalized spacial score (nSPS) is 14.5. The fraction of sp³-hybridized carbons (Fsp3) is 0.250. The van der Waals surface area contributed by atoms with Crippen LogP contribution in [0.15, 0.2) is 48.7 Å². The van der Waals surface area contributed by atoms with E-state index in [4.69, 9.17) is 10.2 Å². The summed E-state index contributed by atoms with van der Waals surface area (Å²) in [5, 5.41) is 19.9. The summed E-state index contributed by atoms with van der Waals surface area (Å²) in [5.41, 5.74) is 2.41. The summed E-state index contributed by atoms with van der Waals surface area (Å²) >= 11 is 0. The first-order valence-electron chi connectivity index (χ1n) is 8.64. The van der Waals surface area contributed by atoms with Crippen LogP contribution in [-0.4, -0.2) is 41.3 Å². The van der Waals surface area contributed by atoms with Gasteiger partial charge in [-0.15, -0.1) is 0 Å². The van der Waals surface area contributed by atoms with Gasteiger partial charge in [-0.25, -0.2) is 9.97 Å². The molecule has 1 aromatic carbocycles. The number of pyridine rings is 2. The molecule has 1 N–H and O–H groups in total. The van der Waals surface area contributed by atoms with Crippen molar-refractivity contribution in [1.29, 1.82) is 5.26 Å². The number of benzene rings is 1. The number of nitriles is 1. The summed E-state index contributed by atoms with van der Waals surface area (Å²) in [7, 11) is 0. The Bertz CT molecular complexity index is 973. The van der Waals surface area contributed by atoms with Gasteiger partial charge in [0.1, 0.15) is 11.6 Å². The van der Waals surface area contributed by atoms with Crippen molar-refractivity contribution in [1.82, 2.24) is 9.97 Å². The summed E-state index contributed by atoms with van der Waals surface area (Å²) in [6.45, 7) is 3.13. The number of piperazine rings is 1. The fourth-order valence-corrected chi connectivity index (χ4v) is 3.35. The van der Waals surface area contributed by atoms with E-state index in [1.807, 2.05) is 36.4 Å². The highest BCUT2D eigenvalue weighted by Crippen LogP contribution is 2.25. The van der Waals surface area contributed by atoms with Crippen LogP contribution >= 0.6 is 0 Å². The third-order valence-electron chi connectivity index (χ3n) is 4.73. The molecule has 4 rings (SSSR count). The lowest BCUT2D eigenvalue weighted by Gasteiger charge is -2.36. The van der Waals surface area contributed by atoms with Gasteiger partial charge in [0.05, 0.1) is 23.8 Å². The Labute approximate surface area is 151 Å². The molecule has 6 nitrogen and oxygen atoms in total. The number of aliphatic hydroxyl groups excluding tert-OH is 1. The van der Waals surface area contributed by atoms with Gasteiger partial charge in [0.25, 0.3) is 0 Å². The second kappa shape index (κ2) is 6.98. The van der Waals surface area contributed by atoms with Crippen molar-refractivity contribution < 1.29 is 5.11 Å². The summed E-state index contributed by atoms with van der Waals surface area (Å²) < 4.78 is 0. The predicted molar refractivity (Wildman–Crippen MR) is 101 cm³/mol. The summed E-state index contributed by atoms with van der Waals surface area (Å²) in [4.78, 5) is 13.6. The molecular formula is C20H19N5O. The van der Waals surface area contributed by atoms with Gasteiger partial charge in [-0.2, -0.15) is 5.26 Å². The van der Waals surface area contributed by atoms with Gasteiger partial charge in [-0.3, -0.25) is 0 Å². The Morgan fingerprint density at radius 3 is 2.58 bits per heavy atom. The third-order valence-corrected chi connectivity index (χ3v) is 4.73. The van der Waals surface area contributed by atoms with E-state index in [1.54, 1.807) is 12.3 Å². The Balaban J connectivity index is 1.56. The number of aliphatic hydroxyl groups is 1. The highest BCUT2D eigenvalue weighted by molar-refractivity contribution is 5.81. The van der Waals surface area contributed by atoms with Crippen LogP contribution in [0, 0.1) is 11.3 Å². The lowest BCUT2D eigenvalue weighted by atomic mass is 10.1. The monoisotopic (exact) mass is 345 g/mol. The number of hydrogen-bond acceptors (Lipinski definition) is 6. The number of fused-ring (bicyclic) bond motifs is 1. The van der Waals surface area contributed by atoms with Gasteiger partial charge < -0.3 is 14.9 Å². The Kier molecular flexibility index (Phi) is 4.38. The van der Waals surface area contributed by atoms with Crippen LogP contribution in [0.1, 0.15) is 11.1 Å². The zero-order chi connectivity index (χ0) is 17.9. The quantitative estimate of drug-likeness (QED) is 0.785. The first-order chi connectivity index (χ1) is 12.8. The zero-order valence-corrected chi connectivity index (χ0v) is 14.3. The van der Waals surface area contributed by atoms with Gasteiger partial charge in [-0.05, 0) is 24.3 Å². The van der Waals surface area contributed by atoms with Crippen LogP contribution in [0.2, 0.25) is 0 Å². The second-order valence-corrected chi connectivity index (χ2v) is 6.31. The van der Waals surface area contributed by atoms with E-state index in [0.717, 1.165) is 54.3 Å². The van der Waals surface area contributed by atoms with Crippen molar-refractivity contribution in [2.24, 2.45) is 0 Å². The summed E-state index contributed by atoms with van der Waals surface area (Å²) in [5.74, 6) is 1.68. The molecule has 0 saturated carbocycles. The predicted octanol–water partition coefficient (Wildman–Crippen LogP) is 2.32. The average molecular weight is 345 g/mol. The van der Waals surface area contributed by atoms with E-state index in [1.165, 1.54) is 0 Å². The Hall–Kier alpha value is -3.17. The summed E-state index contributed by atoms with van der Waals surface area (Å²) in [6.07, 6.45) is 1.68. The van der Waals surface area contributed by atoms with E-state index in [9.17, 15) is 5.11 Å². The highest BCUT2D eigenvalue weighted by Gasteiger charge is 2.21. The molecule has 0 aliphatic carbocycles. The van der Waals surface area contributed by atoms with Crippen molar-refractivity contribution in [3.8, 4) is 6.07 Å². The molecule has 0 bridgehead atoms. The van der Waals surface area contributed by atoms with Crippen molar-refractivity contribution in [2.45, 2.75) is 6.61 Å². The van der Waals surface area contributed by atoms with Crippen molar-refractivity contribution in [3.63, 3.8) is 0 Å². The Morgan fingerprint density at radius 2 is 1.81 bits per heavy atom. The maximum atomic E-state index is 9.78. The van der Waals surface area contributed by atoms with Crippen molar-refractivity contribution in [3.05, 3.63) is 59.8 Å². The molecule has 0 radical (unpaired) electrons. The minimum Gasteiger partial charge on any atom is -0.392 e. The molecule has 2 aromatic heterocycles. The van der Waals surface area contributed by atoms with E-state index >= 15 is 0 Å². The maximum absolute atomic E-state index is 9.78. The molecule has 26 heavy (non-hydrogen) atoms. The van der Waals surface area contributed by atoms with E-state index < -0.39 is 0 Å². The number of hydrogen-bond donors (Lipinski definition) is 1. The lowest BCUT2D eigenvalue weighted by molar-refractivity contribution is 0.281. The van der Waals surface area contributed by atoms with Crippen LogP contribution in [0.4, 0.5) is 11.6 Å². The topological polar surface area (TPSA) is 76.3 Å². The summed E-state index contributed by atoms with van der Waals surface area (Å²) in [6, 6.07) is 15.7. The molecule has 3 aromatic rings. The smallest absolute Gasteiger partial charge is 0.134 e. The molecule has 1 aliphatic heterocycles. The molecular weight excluding hydrogens is 326 g/mol. The second-order valence-electron chi connectivity index (χ2n) is 6.31. The first-order valence-corrected chi connectivity index (χ1v) is 8.64. The first kappa shape index (κ1) is 16.3. The zero-order valence-electron chi connectivity index (χ0n) is 14.3. The van der Waals surface area contributed by atoms with Crippen molar-refractivity contribution >= 4 is 22.5 Å². The standard InChI is InChI=1S/C20H19N5O/c21-13-15-5-6-22-19(11-15)24-7-9-25(10-8-24)20-17(14-26)12-16-3-1-2-4-18(16)23-20/h1-6,11-12,26H,7-10,14H2. The molecule has 3 heterocycles. The van der Waals surface area contributed by atoms with Crippen LogP contribution in [0.5, 0.6) is 0 Å². The van der Waals surface area contributed by atoms with Gasteiger partial charge in [0, 0.05) is 43.3 Å². The van der Waals surface area contributed by atoms with Crippen molar-refractivity contribution in [2.75, 3.05) is 36.0 Å². The van der Waals surface area contributed by atoms with Crippen LogP contribution in [-0.2, 0) is 6.61 Å². The van der Waals surface area contributed by atoms with Gasteiger partial charge in [-0.1, -0.05) is 18.2 Å². The van der Waals surface area contributed by atoms with Crippen LogP contribution in [0.25, 0.3) is 10.9 Å².